The number of carbonyl (C=O) groups excluding carboxylic acids is 3. The zero-order valence-electron chi connectivity index (χ0n) is 18.0. The van der Waals surface area contributed by atoms with Crippen molar-refractivity contribution in [1.29, 1.82) is 0 Å². The van der Waals surface area contributed by atoms with Crippen molar-refractivity contribution in [2.45, 2.75) is 18.5 Å². The maximum absolute atomic E-state index is 13.0. The van der Waals surface area contributed by atoms with Crippen molar-refractivity contribution in [3.63, 3.8) is 0 Å². The quantitative estimate of drug-likeness (QED) is 0.339. The highest BCUT2D eigenvalue weighted by Gasteiger charge is 2.43. The number of esters is 2. The number of ether oxygens (including phenoxy) is 2. The van der Waals surface area contributed by atoms with E-state index in [1.165, 1.54) is 18.1 Å². The van der Waals surface area contributed by atoms with Crippen molar-refractivity contribution in [1.82, 2.24) is 9.88 Å². The molecule has 0 spiro atoms. The van der Waals surface area contributed by atoms with Crippen LogP contribution in [0.5, 0.6) is 0 Å². The smallest absolute Gasteiger partial charge is 0.338 e. The molecule has 0 fully saturated rings. The van der Waals surface area contributed by atoms with Gasteiger partial charge in [0, 0.05) is 23.0 Å². The predicted octanol–water partition coefficient (Wildman–Crippen LogP) is 3.77. The number of methoxy groups -OCH3 is 1. The zero-order chi connectivity index (χ0) is 23.5. The van der Waals surface area contributed by atoms with Gasteiger partial charge in [0.2, 0.25) is 5.91 Å². The molecule has 0 saturated heterocycles. The molecule has 2 atom stereocenters. The van der Waals surface area contributed by atoms with Crippen LogP contribution in [0.25, 0.3) is 10.9 Å². The topological polar surface area (TPSA) is 88.7 Å². The van der Waals surface area contributed by atoms with E-state index in [9.17, 15) is 14.4 Å². The highest BCUT2D eigenvalue weighted by molar-refractivity contribution is 6.27. The minimum atomic E-state index is -0.838. The molecule has 1 aliphatic heterocycles. The monoisotopic (exact) mass is 466 g/mol. The first kappa shape index (κ1) is 22.6. The van der Waals surface area contributed by atoms with E-state index in [4.69, 9.17) is 21.1 Å². The first-order chi connectivity index (χ1) is 16.0. The molecule has 4 rings (SSSR count). The van der Waals surface area contributed by atoms with Gasteiger partial charge in [0.25, 0.3) is 0 Å². The summed E-state index contributed by atoms with van der Waals surface area (Å²) in [4.78, 5) is 42.8. The third-order valence-electron chi connectivity index (χ3n) is 5.80. The molecule has 2 aromatic carbocycles. The van der Waals surface area contributed by atoms with Gasteiger partial charge in [-0.25, -0.2) is 9.59 Å². The number of aromatic nitrogens is 1. The predicted molar refractivity (Wildman–Crippen MR) is 124 cm³/mol. The summed E-state index contributed by atoms with van der Waals surface area (Å²) >= 11 is 5.95. The standard InChI is InChI=1S/C25H23ClN2O5/c1-3-12-33-24(30)16-10-8-15(9-11-16)23-22-18(17-6-4-5-7-19(17)27-22)13-20(25(31)32-2)28(23)21(29)14-26/h3-11,20,23,27H,1,12-14H2,2H3/t20-,23+/m1/s1. The Hall–Kier alpha value is -3.58. The van der Waals surface area contributed by atoms with Gasteiger partial charge in [-0.3, -0.25) is 4.79 Å². The van der Waals surface area contributed by atoms with Crippen molar-refractivity contribution in [2.24, 2.45) is 0 Å². The van der Waals surface area contributed by atoms with Crippen LogP contribution < -0.4 is 0 Å². The van der Waals surface area contributed by atoms with Gasteiger partial charge in [0.15, 0.2) is 0 Å². The van der Waals surface area contributed by atoms with Crippen LogP contribution in [0.3, 0.4) is 0 Å². The molecule has 1 amide bonds. The fraction of sp³-hybridized carbons (Fsp3) is 0.240. The number of hydrogen-bond acceptors (Lipinski definition) is 5. The summed E-state index contributed by atoms with van der Waals surface area (Å²) < 4.78 is 10.1. The summed E-state index contributed by atoms with van der Waals surface area (Å²) in [7, 11) is 1.30. The fourth-order valence-electron chi connectivity index (χ4n) is 4.35. The largest absolute Gasteiger partial charge is 0.467 e. The molecule has 0 bridgehead atoms. The Kier molecular flexibility index (Phi) is 6.51. The van der Waals surface area contributed by atoms with Crippen molar-refractivity contribution >= 4 is 40.3 Å². The molecule has 1 aromatic heterocycles. The molecule has 2 heterocycles. The number of aromatic amines is 1. The molecular weight excluding hydrogens is 444 g/mol. The fourth-order valence-corrected chi connectivity index (χ4v) is 4.49. The number of para-hydroxylation sites is 1. The Morgan fingerprint density at radius 3 is 2.58 bits per heavy atom. The van der Waals surface area contributed by atoms with Gasteiger partial charge in [0.1, 0.15) is 18.5 Å². The minimum absolute atomic E-state index is 0.112. The van der Waals surface area contributed by atoms with Gasteiger partial charge in [-0.05, 0) is 29.3 Å². The van der Waals surface area contributed by atoms with Gasteiger partial charge in [-0.2, -0.15) is 0 Å². The minimum Gasteiger partial charge on any atom is -0.467 e. The summed E-state index contributed by atoms with van der Waals surface area (Å²) in [6, 6.07) is 13.1. The summed E-state index contributed by atoms with van der Waals surface area (Å²) in [5, 5.41) is 0.981. The number of carbonyl (C=O) groups is 3. The maximum Gasteiger partial charge on any atom is 0.338 e. The van der Waals surface area contributed by atoms with E-state index in [0.29, 0.717) is 12.0 Å². The lowest BCUT2D eigenvalue weighted by molar-refractivity contribution is -0.154. The number of halogens is 1. The average molecular weight is 467 g/mol. The van der Waals surface area contributed by atoms with E-state index in [1.807, 2.05) is 24.3 Å². The third-order valence-corrected chi connectivity index (χ3v) is 6.03. The number of amides is 1. The van der Waals surface area contributed by atoms with Gasteiger partial charge in [0.05, 0.1) is 18.7 Å². The Labute approximate surface area is 195 Å². The molecule has 0 aliphatic carbocycles. The SMILES string of the molecule is C=CCOC(=O)c1ccc([C@H]2c3[nH]c4ccccc4c3C[C@H](C(=O)OC)N2C(=O)CCl)cc1. The molecular formula is C25H23ClN2O5. The first-order valence-corrected chi connectivity index (χ1v) is 11.0. The molecule has 0 unspecified atom stereocenters. The maximum atomic E-state index is 13.0. The molecule has 0 radical (unpaired) electrons. The van der Waals surface area contributed by atoms with E-state index >= 15 is 0 Å². The Bertz CT molecular complexity index is 1220. The van der Waals surface area contributed by atoms with Crippen molar-refractivity contribution in [3.05, 3.63) is 83.6 Å². The van der Waals surface area contributed by atoms with Crippen LogP contribution in [0.4, 0.5) is 0 Å². The van der Waals surface area contributed by atoms with Gasteiger partial charge in [-0.1, -0.05) is 43.0 Å². The van der Waals surface area contributed by atoms with Crippen LogP contribution in [0.1, 0.15) is 33.2 Å². The van der Waals surface area contributed by atoms with Crippen molar-refractivity contribution in [3.8, 4) is 0 Å². The summed E-state index contributed by atoms with van der Waals surface area (Å²) in [5.74, 6) is -1.67. The van der Waals surface area contributed by atoms with Crippen molar-refractivity contribution < 1.29 is 23.9 Å². The van der Waals surface area contributed by atoms with Gasteiger partial charge in [-0.15, -0.1) is 11.6 Å². The Balaban J connectivity index is 1.85. The van der Waals surface area contributed by atoms with Gasteiger partial charge >= 0.3 is 11.9 Å². The number of hydrogen-bond donors (Lipinski definition) is 1. The van der Waals surface area contributed by atoms with E-state index in [1.54, 1.807) is 24.3 Å². The second kappa shape index (κ2) is 9.50. The normalized spacial score (nSPS) is 17.3. The average Bonchev–Trinajstić information content (AvgIpc) is 3.23. The molecule has 1 N–H and O–H groups in total. The van der Waals surface area contributed by atoms with Crippen LogP contribution in [0, 0.1) is 0 Å². The summed E-state index contributed by atoms with van der Waals surface area (Å²) in [5.41, 5.74) is 3.74. The van der Waals surface area contributed by atoms with E-state index in [0.717, 1.165) is 27.7 Å². The van der Waals surface area contributed by atoms with Crippen LogP contribution in [0.15, 0.2) is 61.2 Å². The van der Waals surface area contributed by atoms with Crippen LogP contribution >= 0.6 is 11.6 Å². The lowest BCUT2D eigenvalue weighted by atomic mass is 9.87. The second-order valence-corrected chi connectivity index (χ2v) is 7.92. The molecule has 33 heavy (non-hydrogen) atoms. The number of fused-ring (bicyclic) bond motifs is 3. The number of benzene rings is 2. The summed E-state index contributed by atoms with van der Waals surface area (Å²) in [6.07, 6.45) is 1.80. The number of rotatable bonds is 6. The lowest BCUT2D eigenvalue weighted by Crippen LogP contribution is -2.52. The molecule has 3 aromatic rings. The number of H-pyrrole nitrogens is 1. The van der Waals surface area contributed by atoms with Crippen LogP contribution in [-0.2, 0) is 25.5 Å². The molecule has 8 heteroatoms. The molecule has 1 aliphatic rings. The first-order valence-electron chi connectivity index (χ1n) is 10.4. The number of alkyl halides is 1. The van der Waals surface area contributed by atoms with Crippen LogP contribution in [0.2, 0.25) is 0 Å². The third kappa shape index (κ3) is 4.12. The zero-order valence-corrected chi connectivity index (χ0v) is 18.8. The van der Waals surface area contributed by atoms with Crippen LogP contribution in [-0.4, -0.2) is 53.4 Å². The second-order valence-electron chi connectivity index (χ2n) is 7.65. The van der Waals surface area contributed by atoms with E-state index < -0.39 is 29.9 Å². The molecule has 0 saturated carbocycles. The van der Waals surface area contributed by atoms with E-state index in [-0.39, 0.29) is 12.5 Å². The van der Waals surface area contributed by atoms with Crippen molar-refractivity contribution in [2.75, 3.05) is 19.6 Å². The molecule has 170 valence electrons. The van der Waals surface area contributed by atoms with Gasteiger partial charge < -0.3 is 19.4 Å². The summed E-state index contributed by atoms with van der Waals surface area (Å²) in [6.45, 7) is 3.65. The van der Waals surface area contributed by atoms with E-state index in [2.05, 4.69) is 11.6 Å². The highest BCUT2D eigenvalue weighted by Crippen LogP contribution is 2.41. The Morgan fingerprint density at radius 2 is 1.91 bits per heavy atom. The lowest BCUT2D eigenvalue weighted by Gasteiger charge is -2.40. The number of nitrogens with zero attached hydrogens (tertiary/aromatic N) is 1. The number of nitrogens with one attached hydrogen (secondary N) is 1. The molecule has 7 nitrogen and oxygen atoms in total. The Morgan fingerprint density at radius 1 is 1.18 bits per heavy atom. The highest BCUT2D eigenvalue weighted by atomic mass is 35.5.